The Kier molecular flexibility index (Phi) is 6.60. The Balaban J connectivity index is 1.39. The molecule has 7 nitrogen and oxygen atoms in total. The molecule has 176 valence electrons. The second-order valence-electron chi connectivity index (χ2n) is 8.62. The molecule has 1 aromatic carbocycles. The molecule has 0 bridgehead atoms. The molecule has 5 rings (SSSR count). The minimum Gasteiger partial charge on any atom is -0.385 e. The Morgan fingerprint density at radius 2 is 2.03 bits per heavy atom. The first kappa shape index (κ1) is 22.6. The molecule has 2 N–H and O–H groups in total. The maximum atomic E-state index is 13.6. The molecule has 1 saturated carbocycles. The fourth-order valence-electron chi connectivity index (χ4n) is 4.13. The van der Waals surface area contributed by atoms with Crippen molar-refractivity contribution in [3.05, 3.63) is 64.7 Å². The molecule has 1 aliphatic heterocycles. The molecule has 0 spiro atoms. The van der Waals surface area contributed by atoms with E-state index in [9.17, 15) is 9.59 Å². The molecule has 2 aromatic heterocycles. The number of nitrogens with zero attached hydrogens (tertiary/aromatic N) is 2. The summed E-state index contributed by atoms with van der Waals surface area (Å²) >= 11 is 1.51. The summed E-state index contributed by atoms with van der Waals surface area (Å²) in [6.45, 7) is 1.92. The number of thiophene rings is 1. The van der Waals surface area contributed by atoms with Crippen molar-refractivity contribution in [3.8, 4) is 10.4 Å². The van der Waals surface area contributed by atoms with Crippen molar-refractivity contribution < 1.29 is 14.3 Å². The first-order valence-electron chi connectivity index (χ1n) is 11.7. The minimum absolute atomic E-state index is 0.00463. The molecule has 3 heterocycles. The maximum Gasteiger partial charge on any atom is 0.276 e. The number of hydrogen-bond acceptors (Lipinski definition) is 6. The van der Waals surface area contributed by atoms with Crippen molar-refractivity contribution >= 4 is 34.7 Å². The van der Waals surface area contributed by atoms with Gasteiger partial charge in [-0.1, -0.05) is 24.3 Å². The van der Waals surface area contributed by atoms with Crippen LogP contribution in [-0.2, 0) is 11.2 Å². The van der Waals surface area contributed by atoms with Gasteiger partial charge in [0.2, 0.25) is 0 Å². The lowest BCUT2D eigenvalue weighted by atomic mass is 10.1. The van der Waals surface area contributed by atoms with Crippen LogP contribution in [-0.4, -0.2) is 49.6 Å². The quantitative estimate of drug-likeness (QED) is 0.472. The van der Waals surface area contributed by atoms with E-state index in [0.29, 0.717) is 37.1 Å². The van der Waals surface area contributed by atoms with Crippen LogP contribution in [0.2, 0.25) is 0 Å². The molecule has 3 aromatic rings. The van der Waals surface area contributed by atoms with Gasteiger partial charge in [-0.05, 0) is 55.5 Å². The molecule has 0 unspecified atom stereocenters. The van der Waals surface area contributed by atoms with Gasteiger partial charge in [0.15, 0.2) is 0 Å². The highest BCUT2D eigenvalue weighted by atomic mass is 32.1. The van der Waals surface area contributed by atoms with Crippen molar-refractivity contribution in [3.63, 3.8) is 0 Å². The lowest BCUT2D eigenvalue weighted by molar-refractivity contribution is 0.0952. The Hall–Kier alpha value is -3.23. The van der Waals surface area contributed by atoms with E-state index in [1.54, 1.807) is 13.2 Å². The molecule has 2 aliphatic rings. The summed E-state index contributed by atoms with van der Waals surface area (Å²) in [6.07, 6.45) is 3.67. The van der Waals surface area contributed by atoms with Gasteiger partial charge in [-0.15, -0.1) is 11.3 Å². The van der Waals surface area contributed by atoms with Crippen LogP contribution in [0.3, 0.4) is 0 Å². The van der Waals surface area contributed by atoms with E-state index in [-0.39, 0.29) is 11.8 Å². The van der Waals surface area contributed by atoms with E-state index in [2.05, 4.69) is 15.6 Å². The summed E-state index contributed by atoms with van der Waals surface area (Å²) in [7, 11) is 1.68. The fraction of sp³-hybridized carbons (Fsp3) is 0.346. The van der Waals surface area contributed by atoms with Crippen molar-refractivity contribution in [2.24, 2.45) is 0 Å². The zero-order valence-corrected chi connectivity index (χ0v) is 20.0. The largest absolute Gasteiger partial charge is 0.385 e. The van der Waals surface area contributed by atoms with Crippen LogP contribution in [0.5, 0.6) is 0 Å². The smallest absolute Gasteiger partial charge is 0.276 e. The molecular formula is C26H28N4O3S. The number of hydrogen-bond donors (Lipinski definition) is 2. The monoisotopic (exact) mass is 476 g/mol. The number of benzene rings is 1. The second-order valence-corrected chi connectivity index (χ2v) is 9.67. The summed E-state index contributed by atoms with van der Waals surface area (Å²) < 4.78 is 5.08. The van der Waals surface area contributed by atoms with Gasteiger partial charge >= 0.3 is 0 Å². The molecule has 8 heteroatoms. The van der Waals surface area contributed by atoms with Crippen LogP contribution in [0.1, 0.15) is 45.0 Å². The maximum absolute atomic E-state index is 13.6. The second kappa shape index (κ2) is 9.95. The summed E-state index contributed by atoms with van der Waals surface area (Å²) in [5, 5.41) is 6.34. The number of methoxy groups -OCH3 is 1. The van der Waals surface area contributed by atoms with Gasteiger partial charge in [-0.2, -0.15) is 0 Å². The average Bonchev–Trinajstić information content (AvgIpc) is 3.60. The molecule has 0 radical (unpaired) electrons. The van der Waals surface area contributed by atoms with Crippen molar-refractivity contribution in [1.29, 1.82) is 0 Å². The van der Waals surface area contributed by atoms with Gasteiger partial charge in [-0.25, -0.2) is 4.98 Å². The summed E-state index contributed by atoms with van der Waals surface area (Å²) in [5.41, 5.74) is 3.34. The molecular weight excluding hydrogens is 448 g/mol. The fourth-order valence-corrected chi connectivity index (χ4v) is 5.27. The highest BCUT2D eigenvalue weighted by molar-refractivity contribution is 7.17. The Morgan fingerprint density at radius 1 is 1.18 bits per heavy atom. The number of rotatable bonds is 8. The highest BCUT2D eigenvalue weighted by Gasteiger charge is 2.29. The number of carbonyl (C=O) groups excluding carboxylic acids is 2. The lowest BCUT2D eigenvalue weighted by Gasteiger charge is -2.23. The average molecular weight is 477 g/mol. The summed E-state index contributed by atoms with van der Waals surface area (Å²) in [4.78, 5) is 34.4. The van der Waals surface area contributed by atoms with E-state index in [1.807, 2.05) is 47.4 Å². The van der Waals surface area contributed by atoms with Crippen LogP contribution < -0.4 is 15.5 Å². The normalized spacial score (nSPS) is 14.7. The number of amides is 2. The highest BCUT2D eigenvalue weighted by Crippen LogP contribution is 2.42. The Labute approximate surface area is 203 Å². The molecule has 1 fully saturated rings. The van der Waals surface area contributed by atoms with Crippen LogP contribution >= 0.6 is 11.3 Å². The van der Waals surface area contributed by atoms with Gasteiger partial charge in [0.25, 0.3) is 11.8 Å². The molecule has 2 amide bonds. The molecule has 0 atom stereocenters. The topological polar surface area (TPSA) is 83.6 Å². The third kappa shape index (κ3) is 4.83. The number of para-hydroxylation sites is 1. The van der Waals surface area contributed by atoms with Gasteiger partial charge in [0.1, 0.15) is 11.5 Å². The number of ether oxygens (including phenoxy) is 1. The van der Waals surface area contributed by atoms with E-state index < -0.39 is 0 Å². The predicted octanol–water partition coefficient (Wildman–Crippen LogP) is 4.35. The first-order chi connectivity index (χ1) is 16.6. The summed E-state index contributed by atoms with van der Waals surface area (Å²) in [5.74, 6) is 0.551. The number of aromatic nitrogens is 1. The first-order valence-corrected chi connectivity index (χ1v) is 12.5. The van der Waals surface area contributed by atoms with Crippen LogP contribution in [0.4, 0.5) is 11.5 Å². The number of pyridine rings is 1. The van der Waals surface area contributed by atoms with E-state index in [4.69, 9.17) is 4.74 Å². The molecule has 0 saturated heterocycles. The third-order valence-corrected chi connectivity index (χ3v) is 7.24. The van der Waals surface area contributed by atoms with E-state index >= 15 is 0 Å². The number of carbonyl (C=O) groups is 2. The van der Waals surface area contributed by atoms with Crippen LogP contribution in [0.25, 0.3) is 10.4 Å². The van der Waals surface area contributed by atoms with E-state index in [1.165, 1.54) is 11.3 Å². The van der Waals surface area contributed by atoms with E-state index in [0.717, 1.165) is 52.4 Å². The van der Waals surface area contributed by atoms with Gasteiger partial charge in [-0.3, -0.25) is 9.59 Å². The number of fused-ring (bicyclic) bond motifs is 3. The van der Waals surface area contributed by atoms with Gasteiger partial charge < -0.3 is 20.3 Å². The van der Waals surface area contributed by atoms with Crippen LogP contribution in [0.15, 0.2) is 48.5 Å². The van der Waals surface area contributed by atoms with Crippen molar-refractivity contribution in [2.45, 2.75) is 31.7 Å². The van der Waals surface area contributed by atoms with Gasteiger partial charge in [0.05, 0.1) is 10.6 Å². The zero-order valence-electron chi connectivity index (χ0n) is 19.2. The number of anilines is 2. The standard InChI is InChI=1S/C26H28N4O3S/c1-33-15-5-13-27-23-9-4-7-20(29-23)26(32)30-14-12-17-16-22(25(31)28-18-10-11-18)34-24(17)19-6-2-3-8-21(19)30/h2-4,6-9,16,18H,5,10-15H2,1H3,(H,27,29)(H,28,31). The Bertz CT molecular complexity index is 1200. The molecule has 34 heavy (non-hydrogen) atoms. The van der Waals surface area contributed by atoms with Crippen molar-refractivity contribution in [2.75, 3.05) is 37.0 Å². The predicted molar refractivity (Wildman–Crippen MR) is 135 cm³/mol. The molecule has 1 aliphatic carbocycles. The number of nitrogens with one attached hydrogen (secondary N) is 2. The SMILES string of the molecule is COCCCNc1cccc(C(=O)N2CCc3cc(C(=O)NC4CC4)sc3-c3ccccc32)n1. The van der Waals surface area contributed by atoms with Crippen LogP contribution in [0, 0.1) is 0 Å². The Morgan fingerprint density at radius 3 is 2.85 bits per heavy atom. The van der Waals surface area contributed by atoms with Crippen molar-refractivity contribution in [1.82, 2.24) is 10.3 Å². The third-order valence-electron chi connectivity index (χ3n) is 6.03. The summed E-state index contributed by atoms with van der Waals surface area (Å²) in [6, 6.07) is 15.7. The lowest BCUT2D eigenvalue weighted by Crippen LogP contribution is -2.33. The zero-order chi connectivity index (χ0) is 23.5. The van der Waals surface area contributed by atoms with Gasteiger partial charge in [0, 0.05) is 43.3 Å². The minimum atomic E-state index is -0.130.